The van der Waals surface area contributed by atoms with Crippen LogP contribution in [-0.4, -0.2) is 4.57 Å². The van der Waals surface area contributed by atoms with E-state index in [9.17, 15) is 0 Å². The number of rotatable bonds is 5. The van der Waals surface area contributed by atoms with E-state index < -0.39 is 0 Å². The maximum atomic E-state index is 2.43. The molecule has 1 aliphatic carbocycles. The number of anilines is 3. The molecular weight excluding hydrogens is 653 g/mol. The molecule has 54 heavy (non-hydrogen) atoms. The minimum absolute atomic E-state index is 1.15. The van der Waals surface area contributed by atoms with E-state index in [1.54, 1.807) is 0 Å². The molecule has 1 aromatic heterocycles. The number of para-hydroxylation sites is 3. The lowest BCUT2D eigenvalue weighted by Crippen LogP contribution is -2.13. The summed E-state index contributed by atoms with van der Waals surface area (Å²) in [4.78, 5) is 2.43. The van der Waals surface area contributed by atoms with Crippen molar-refractivity contribution >= 4 is 60.4 Å². The Morgan fingerprint density at radius 1 is 0.370 bits per heavy atom. The second-order valence-corrected chi connectivity index (χ2v) is 14.7. The molecule has 0 N–H and O–H groups in total. The third-order valence-electron chi connectivity index (χ3n) is 11.5. The van der Waals surface area contributed by atoms with Gasteiger partial charge in [0.1, 0.15) is 0 Å². The van der Waals surface area contributed by atoms with E-state index in [0.29, 0.717) is 0 Å². The van der Waals surface area contributed by atoms with E-state index in [-0.39, 0.29) is 0 Å². The third kappa shape index (κ3) is 4.67. The Bertz CT molecular complexity index is 3040. The molecule has 10 aromatic rings. The molecule has 0 spiro atoms. The van der Waals surface area contributed by atoms with Gasteiger partial charge in [-0.25, -0.2) is 0 Å². The van der Waals surface area contributed by atoms with Crippen LogP contribution < -0.4 is 4.90 Å². The van der Waals surface area contributed by atoms with Crippen LogP contribution in [0.4, 0.5) is 17.1 Å². The molecule has 0 saturated carbocycles. The molecule has 0 saturated heterocycles. The molecule has 0 aliphatic heterocycles. The molecule has 0 radical (unpaired) electrons. The van der Waals surface area contributed by atoms with Gasteiger partial charge in [-0.15, -0.1) is 0 Å². The van der Waals surface area contributed by atoms with E-state index in [1.807, 2.05) is 0 Å². The van der Waals surface area contributed by atoms with E-state index in [2.05, 4.69) is 205 Å². The molecule has 0 amide bonds. The molecule has 0 atom stereocenters. The highest BCUT2D eigenvalue weighted by Crippen LogP contribution is 2.51. The van der Waals surface area contributed by atoms with E-state index >= 15 is 0 Å². The summed E-state index contributed by atoms with van der Waals surface area (Å²) in [5.74, 6) is 0. The van der Waals surface area contributed by atoms with Gasteiger partial charge in [0.15, 0.2) is 0 Å². The Labute approximate surface area is 314 Å². The van der Waals surface area contributed by atoms with Crippen molar-refractivity contribution in [3.05, 3.63) is 193 Å². The average molecular weight is 689 g/mol. The SMILES string of the molecule is Cc1cccc(C)c1N(c1ccc(-c2ccccc2)cc1)c1ccc2cc3c(cc2c1)-c1cc2ccc(-n4c5ccccc5c5ccccc54)cc2cc1-3. The fourth-order valence-corrected chi connectivity index (χ4v) is 8.88. The van der Waals surface area contributed by atoms with Crippen LogP contribution in [0.2, 0.25) is 0 Å². The topological polar surface area (TPSA) is 8.17 Å². The smallest absolute Gasteiger partial charge is 0.0541 e. The number of hydrogen-bond donors (Lipinski definition) is 0. The zero-order chi connectivity index (χ0) is 35.9. The van der Waals surface area contributed by atoms with Crippen molar-refractivity contribution in [3.8, 4) is 39.1 Å². The molecule has 254 valence electrons. The van der Waals surface area contributed by atoms with Crippen LogP contribution in [0.15, 0.2) is 182 Å². The predicted molar refractivity (Wildman–Crippen MR) is 230 cm³/mol. The molecule has 2 heteroatoms. The number of aromatic nitrogens is 1. The Kier molecular flexibility index (Phi) is 6.72. The summed E-state index contributed by atoms with van der Waals surface area (Å²) in [6.07, 6.45) is 0. The molecule has 0 bridgehead atoms. The molecular formula is C52H36N2. The van der Waals surface area contributed by atoms with Gasteiger partial charge in [0.25, 0.3) is 0 Å². The Morgan fingerprint density at radius 3 is 1.50 bits per heavy atom. The molecule has 9 aromatic carbocycles. The predicted octanol–water partition coefficient (Wildman–Crippen LogP) is 14.5. The molecule has 1 heterocycles. The van der Waals surface area contributed by atoms with Crippen molar-refractivity contribution in [1.29, 1.82) is 0 Å². The highest BCUT2D eigenvalue weighted by molar-refractivity contribution is 6.13. The number of hydrogen-bond acceptors (Lipinski definition) is 1. The Hall–Kier alpha value is -6.90. The summed E-state index contributed by atoms with van der Waals surface area (Å²) < 4.78 is 2.40. The number of aryl methyl sites for hydroxylation is 2. The van der Waals surface area contributed by atoms with Crippen LogP contribution in [0.5, 0.6) is 0 Å². The van der Waals surface area contributed by atoms with Gasteiger partial charge in [-0.2, -0.15) is 0 Å². The van der Waals surface area contributed by atoms with Crippen molar-refractivity contribution in [2.24, 2.45) is 0 Å². The number of benzene rings is 9. The van der Waals surface area contributed by atoms with Gasteiger partial charge < -0.3 is 9.47 Å². The normalized spacial score (nSPS) is 11.9. The van der Waals surface area contributed by atoms with Crippen molar-refractivity contribution < 1.29 is 0 Å². The van der Waals surface area contributed by atoms with Gasteiger partial charge in [0, 0.05) is 27.8 Å². The Balaban J connectivity index is 0.997. The largest absolute Gasteiger partial charge is 0.310 e. The first-order valence-electron chi connectivity index (χ1n) is 18.8. The fourth-order valence-electron chi connectivity index (χ4n) is 8.88. The van der Waals surface area contributed by atoms with E-state index in [4.69, 9.17) is 0 Å². The average Bonchev–Trinajstić information content (AvgIpc) is 3.55. The molecule has 0 unspecified atom stereocenters. The van der Waals surface area contributed by atoms with E-state index in [0.717, 1.165) is 11.4 Å². The lowest BCUT2D eigenvalue weighted by atomic mass is 9.78. The van der Waals surface area contributed by atoms with Gasteiger partial charge in [0.05, 0.1) is 16.7 Å². The highest BCUT2D eigenvalue weighted by atomic mass is 15.1. The van der Waals surface area contributed by atoms with Crippen molar-refractivity contribution in [1.82, 2.24) is 4.57 Å². The summed E-state index contributed by atoms with van der Waals surface area (Å²) in [5, 5.41) is 7.59. The van der Waals surface area contributed by atoms with Crippen molar-refractivity contribution in [2.45, 2.75) is 13.8 Å². The monoisotopic (exact) mass is 688 g/mol. The molecule has 2 nitrogen and oxygen atoms in total. The van der Waals surface area contributed by atoms with Crippen molar-refractivity contribution in [3.63, 3.8) is 0 Å². The molecule has 0 fully saturated rings. The minimum atomic E-state index is 1.15. The zero-order valence-corrected chi connectivity index (χ0v) is 30.2. The van der Waals surface area contributed by atoms with Gasteiger partial charge in [-0.1, -0.05) is 109 Å². The first-order valence-corrected chi connectivity index (χ1v) is 18.8. The first-order chi connectivity index (χ1) is 26.6. The maximum Gasteiger partial charge on any atom is 0.0541 e. The summed E-state index contributed by atoms with van der Waals surface area (Å²) in [5.41, 5.74) is 17.5. The highest BCUT2D eigenvalue weighted by Gasteiger charge is 2.25. The van der Waals surface area contributed by atoms with Crippen LogP contribution in [0.25, 0.3) is 82.4 Å². The quantitative estimate of drug-likeness (QED) is 0.175. The van der Waals surface area contributed by atoms with Crippen LogP contribution >= 0.6 is 0 Å². The van der Waals surface area contributed by atoms with Crippen molar-refractivity contribution in [2.75, 3.05) is 4.90 Å². The summed E-state index contributed by atoms with van der Waals surface area (Å²) in [6.45, 7) is 4.43. The van der Waals surface area contributed by atoms with Crippen LogP contribution in [0, 0.1) is 13.8 Å². The van der Waals surface area contributed by atoms with Gasteiger partial charge in [-0.3, -0.25) is 0 Å². The van der Waals surface area contributed by atoms with Gasteiger partial charge in [0.2, 0.25) is 0 Å². The fraction of sp³-hybridized carbons (Fsp3) is 0.0385. The summed E-state index contributed by atoms with van der Waals surface area (Å²) in [6, 6.07) is 67.0. The maximum absolute atomic E-state index is 2.43. The standard InChI is InChI=1S/C52H36N2/c1-33-11-10-12-34(2)52(33)53(41-23-19-36(20-24-41)35-13-4-3-5-14-35)42-25-21-37-29-46-48(31-39(37)27-42)47-30-38-22-26-43(28-40(38)32-49(46)47)54-50-17-8-6-15-44(50)45-16-7-9-18-51(45)54/h3-32H,1-2H3. The summed E-state index contributed by atoms with van der Waals surface area (Å²) in [7, 11) is 0. The van der Waals surface area contributed by atoms with Crippen LogP contribution in [0.1, 0.15) is 11.1 Å². The second-order valence-electron chi connectivity index (χ2n) is 14.7. The minimum Gasteiger partial charge on any atom is -0.310 e. The number of fused-ring (bicyclic) bond motifs is 9. The number of nitrogens with zero attached hydrogens (tertiary/aromatic N) is 2. The van der Waals surface area contributed by atoms with Gasteiger partial charge in [-0.05, 0) is 153 Å². The first kappa shape index (κ1) is 30.7. The van der Waals surface area contributed by atoms with Crippen LogP contribution in [0.3, 0.4) is 0 Å². The third-order valence-corrected chi connectivity index (χ3v) is 11.5. The van der Waals surface area contributed by atoms with Gasteiger partial charge >= 0.3 is 0 Å². The Morgan fingerprint density at radius 2 is 0.870 bits per heavy atom. The second kappa shape index (κ2) is 11.8. The molecule has 1 aliphatic rings. The van der Waals surface area contributed by atoms with E-state index in [1.165, 1.54) is 99.2 Å². The summed E-state index contributed by atoms with van der Waals surface area (Å²) >= 11 is 0. The zero-order valence-electron chi connectivity index (χ0n) is 30.2. The lowest BCUT2D eigenvalue weighted by Gasteiger charge is -2.30. The lowest BCUT2D eigenvalue weighted by molar-refractivity contribution is 1.19. The van der Waals surface area contributed by atoms with Crippen LogP contribution in [-0.2, 0) is 0 Å². The molecule has 11 rings (SSSR count).